The summed E-state index contributed by atoms with van der Waals surface area (Å²) in [4.78, 5) is 16.6. The summed E-state index contributed by atoms with van der Waals surface area (Å²) in [7, 11) is 0. The molecule has 1 aliphatic rings. The Balaban J connectivity index is 1.38. The highest BCUT2D eigenvalue weighted by molar-refractivity contribution is 7.99. The SMILES string of the molecule is O=C(Cn1c(SC(F)F)nc2ccccc21)NCCc1ccc2c(c1)OCCO2. The second kappa shape index (κ2) is 8.69. The maximum Gasteiger partial charge on any atom is 0.291 e. The summed E-state index contributed by atoms with van der Waals surface area (Å²) in [5.74, 6) is -1.44. The molecule has 0 radical (unpaired) electrons. The van der Waals surface area contributed by atoms with Crippen molar-refractivity contribution in [2.45, 2.75) is 23.9 Å². The van der Waals surface area contributed by atoms with Crippen LogP contribution in [0.1, 0.15) is 5.56 Å². The Morgan fingerprint density at radius 2 is 1.97 bits per heavy atom. The summed E-state index contributed by atoms with van der Waals surface area (Å²) in [6.07, 6.45) is 0.617. The van der Waals surface area contributed by atoms with Crippen LogP contribution < -0.4 is 14.8 Å². The van der Waals surface area contributed by atoms with Gasteiger partial charge in [0, 0.05) is 6.54 Å². The lowest BCUT2D eigenvalue weighted by Crippen LogP contribution is -2.29. The highest BCUT2D eigenvalue weighted by Crippen LogP contribution is 2.31. The summed E-state index contributed by atoms with van der Waals surface area (Å²) in [5, 5.41) is 2.97. The zero-order valence-corrected chi connectivity index (χ0v) is 16.3. The van der Waals surface area contributed by atoms with Gasteiger partial charge in [-0.25, -0.2) is 4.98 Å². The molecule has 6 nitrogen and oxygen atoms in total. The lowest BCUT2D eigenvalue weighted by molar-refractivity contribution is -0.121. The highest BCUT2D eigenvalue weighted by atomic mass is 32.2. The first-order valence-electron chi connectivity index (χ1n) is 9.15. The minimum atomic E-state index is -2.61. The molecule has 0 spiro atoms. The summed E-state index contributed by atoms with van der Waals surface area (Å²) in [5.41, 5.74) is 2.24. The average molecular weight is 419 g/mol. The molecule has 0 bridgehead atoms. The predicted molar refractivity (Wildman–Crippen MR) is 106 cm³/mol. The van der Waals surface area contributed by atoms with Gasteiger partial charge in [0.1, 0.15) is 19.8 Å². The Bertz CT molecular complexity index is 1030. The van der Waals surface area contributed by atoms with Crippen LogP contribution in [0.2, 0.25) is 0 Å². The normalized spacial score (nSPS) is 13.1. The molecule has 3 aromatic rings. The van der Waals surface area contributed by atoms with E-state index in [4.69, 9.17) is 9.47 Å². The molecule has 2 aromatic carbocycles. The third kappa shape index (κ3) is 4.61. The van der Waals surface area contributed by atoms with Gasteiger partial charge in [-0.3, -0.25) is 4.79 Å². The fraction of sp³-hybridized carbons (Fsp3) is 0.300. The average Bonchev–Trinajstić information content (AvgIpc) is 3.04. The number of benzene rings is 2. The molecule has 1 amide bonds. The van der Waals surface area contributed by atoms with E-state index in [0.717, 1.165) is 11.3 Å². The van der Waals surface area contributed by atoms with E-state index in [2.05, 4.69) is 10.3 Å². The van der Waals surface area contributed by atoms with Gasteiger partial charge in [-0.05, 0) is 48.0 Å². The molecule has 0 fully saturated rings. The van der Waals surface area contributed by atoms with Crippen LogP contribution in [-0.4, -0.2) is 41.0 Å². The monoisotopic (exact) mass is 419 g/mol. The van der Waals surface area contributed by atoms with Crippen molar-refractivity contribution in [2.24, 2.45) is 0 Å². The smallest absolute Gasteiger partial charge is 0.291 e. The number of thioether (sulfide) groups is 1. The molecule has 9 heteroatoms. The Morgan fingerprint density at radius 1 is 1.17 bits per heavy atom. The fourth-order valence-corrected chi connectivity index (χ4v) is 3.77. The van der Waals surface area contributed by atoms with Gasteiger partial charge in [-0.15, -0.1) is 0 Å². The molecule has 1 N–H and O–H groups in total. The van der Waals surface area contributed by atoms with Crippen LogP contribution >= 0.6 is 11.8 Å². The predicted octanol–water partition coefficient (Wildman–Crippen LogP) is 3.48. The standard InChI is InChI=1S/C20H19F2N3O3S/c21-19(22)29-20-24-14-3-1-2-4-15(14)25(20)12-18(26)23-8-7-13-5-6-16-17(11-13)28-10-9-27-16/h1-6,11,19H,7-10,12H2,(H,23,26). The molecule has 0 saturated heterocycles. The van der Waals surface area contributed by atoms with Crippen LogP contribution in [0.15, 0.2) is 47.6 Å². The first kappa shape index (κ1) is 19.5. The minimum Gasteiger partial charge on any atom is -0.486 e. The van der Waals surface area contributed by atoms with Crippen molar-refractivity contribution in [1.29, 1.82) is 0 Å². The van der Waals surface area contributed by atoms with Crippen molar-refractivity contribution in [3.63, 3.8) is 0 Å². The molecule has 0 unspecified atom stereocenters. The number of amides is 1. The quantitative estimate of drug-likeness (QED) is 0.594. The molecule has 0 saturated carbocycles. The molecule has 0 aliphatic carbocycles. The number of carbonyl (C=O) groups is 1. The maximum absolute atomic E-state index is 12.9. The van der Waals surface area contributed by atoms with Crippen LogP contribution in [0.3, 0.4) is 0 Å². The number of halogens is 2. The number of alkyl halides is 2. The first-order valence-corrected chi connectivity index (χ1v) is 10.0. The first-order chi connectivity index (χ1) is 14.1. The number of hydrogen-bond acceptors (Lipinski definition) is 5. The van der Waals surface area contributed by atoms with Crippen LogP contribution in [-0.2, 0) is 17.8 Å². The van der Waals surface area contributed by atoms with Crippen molar-refractivity contribution in [2.75, 3.05) is 19.8 Å². The third-order valence-corrected chi connectivity index (χ3v) is 5.16. The number of imidazole rings is 1. The van der Waals surface area contributed by atoms with Gasteiger partial charge < -0.3 is 19.4 Å². The lowest BCUT2D eigenvalue weighted by atomic mass is 10.1. The summed E-state index contributed by atoms with van der Waals surface area (Å²) in [6.45, 7) is 1.40. The topological polar surface area (TPSA) is 65.4 Å². The van der Waals surface area contributed by atoms with E-state index in [9.17, 15) is 13.6 Å². The summed E-state index contributed by atoms with van der Waals surface area (Å²) >= 11 is 0.339. The lowest BCUT2D eigenvalue weighted by Gasteiger charge is -2.18. The highest BCUT2D eigenvalue weighted by Gasteiger charge is 2.18. The van der Waals surface area contributed by atoms with Gasteiger partial charge in [0.15, 0.2) is 16.7 Å². The van der Waals surface area contributed by atoms with Gasteiger partial charge in [-0.1, -0.05) is 18.2 Å². The van der Waals surface area contributed by atoms with E-state index < -0.39 is 5.76 Å². The molecule has 152 valence electrons. The van der Waals surface area contributed by atoms with E-state index in [0.29, 0.717) is 54.7 Å². The van der Waals surface area contributed by atoms with Gasteiger partial charge in [0.2, 0.25) is 5.91 Å². The number of fused-ring (bicyclic) bond motifs is 2. The molecule has 1 aliphatic heterocycles. The van der Waals surface area contributed by atoms with Gasteiger partial charge in [-0.2, -0.15) is 8.78 Å². The number of ether oxygens (including phenoxy) is 2. The number of para-hydroxylation sites is 2. The molecule has 0 atom stereocenters. The Morgan fingerprint density at radius 3 is 2.79 bits per heavy atom. The fourth-order valence-electron chi connectivity index (χ4n) is 3.16. The van der Waals surface area contributed by atoms with Crippen molar-refractivity contribution >= 4 is 28.7 Å². The van der Waals surface area contributed by atoms with Crippen LogP contribution in [0, 0.1) is 0 Å². The van der Waals surface area contributed by atoms with E-state index in [-0.39, 0.29) is 17.6 Å². The maximum atomic E-state index is 12.9. The Hall–Kier alpha value is -2.81. The Labute approximate surface area is 170 Å². The number of nitrogens with zero attached hydrogens (tertiary/aromatic N) is 2. The van der Waals surface area contributed by atoms with Crippen LogP contribution in [0.5, 0.6) is 11.5 Å². The minimum absolute atomic E-state index is 0.0727. The molecule has 29 heavy (non-hydrogen) atoms. The van der Waals surface area contributed by atoms with Crippen molar-refractivity contribution in [3.05, 3.63) is 48.0 Å². The zero-order chi connectivity index (χ0) is 20.2. The molecular weight excluding hydrogens is 400 g/mol. The second-order valence-corrected chi connectivity index (χ2v) is 7.38. The van der Waals surface area contributed by atoms with Crippen LogP contribution in [0.25, 0.3) is 11.0 Å². The number of rotatable bonds is 7. The van der Waals surface area contributed by atoms with Gasteiger partial charge in [0.25, 0.3) is 5.76 Å². The number of hydrogen-bond donors (Lipinski definition) is 1. The number of aromatic nitrogens is 2. The second-order valence-electron chi connectivity index (χ2n) is 6.43. The molecular formula is C20H19F2N3O3S. The van der Waals surface area contributed by atoms with E-state index in [1.807, 2.05) is 18.2 Å². The van der Waals surface area contributed by atoms with Crippen molar-refractivity contribution in [1.82, 2.24) is 14.9 Å². The van der Waals surface area contributed by atoms with Gasteiger partial charge >= 0.3 is 0 Å². The largest absolute Gasteiger partial charge is 0.486 e. The van der Waals surface area contributed by atoms with Crippen molar-refractivity contribution < 1.29 is 23.0 Å². The Kier molecular flexibility index (Phi) is 5.84. The molecule has 1 aromatic heterocycles. The molecule has 2 heterocycles. The van der Waals surface area contributed by atoms with E-state index in [1.54, 1.807) is 24.3 Å². The van der Waals surface area contributed by atoms with Crippen molar-refractivity contribution in [3.8, 4) is 11.5 Å². The summed E-state index contributed by atoms with van der Waals surface area (Å²) < 4.78 is 38.3. The number of carbonyl (C=O) groups excluding carboxylic acids is 1. The van der Waals surface area contributed by atoms with Gasteiger partial charge in [0.05, 0.1) is 11.0 Å². The zero-order valence-electron chi connectivity index (χ0n) is 15.4. The summed E-state index contributed by atoms with van der Waals surface area (Å²) in [6, 6.07) is 12.8. The van der Waals surface area contributed by atoms with E-state index >= 15 is 0 Å². The number of nitrogens with one attached hydrogen (secondary N) is 1. The van der Waals surface area contributed by atoms with E-state index in [1.165, 1.54) is 4.57 Å². The molecule has 4 rings (SSSR count). The third-order valence-electron chi connectivity index (χ3n) is 4.46. The van der Waals surface area contributed by atoms with Crippen LogP contribution in [0.4, 0.5) is 8.78 Å².